The summed E-state index contributed by atoms with van der Waals surface area (Å²) in [7, 11) is 0. The predicted molar refractivity (Wildman–Crippen MR) is 66.8 cm³/mol. The molecule has 1 rings (SSSR count). The molecule has 0 aliphatic heterocycles. The first-order valence-corrected chi connectivity index (χ1v) is 5.69. The summed E-state index contributed by atoms with van der Waals surface area (Å²) in [5.74, 6) is -0.581. The van der Waals surface area contributed by atoms with Crippen molar-refractivity contribution in [1.82, 2.24) is 0 Å². The molecule has 0 amide bonds. The maximum atomic E-state index is 11.8. The van der Waals surface area contributed by atoms with Crippen molar-refractivity contribution in [2.45, 2.75) is 26.4 Å². The summed E-state index contributed by atoms with van der Waals surface area (Å²) in [6.45, 7) is 5.24. The molecule has 0 bridgehead atoms. The van der Waals surface area contributed by atoms with E-state index in [1.807, 2.05) is 0 Å². The minimum atomic E-state index is -0.647. The highest BCUT2D eigenvalue weighted by molar-refractivity contribution is 6.67. The zero-order valence-corrected chi connectivity index (χ0v) is 11.2. The average Bonchev–Trinajstić information content (AvgIpc) is 2.14. The van der Waals surface area contributed by atoms with Crippen LogP contribution in [-0.2, 0) is 4.74 Å². The van der Waals surface area contributed by atoms with Gasteiger partial charge in [0.15, 0.2) is 0 Å². The van der Waals surface area contributed by atoms with Gasteiger partial charge in [-0.2, -0.15) is 0 Å². The molecular weight excluding hydrogens is 263 g/mol. The lowest BCUT2D eigenvalue weighted by Crippen LogP contribution is -2.24. The van der Waals surface area contributed by atoms with E-state index < -0.39 is 16.8 Å². The highest BCUT2D eigenvalue weighted by Crippen LogP contribution is 2.21. The maximum absolute atomic E-state index is 11.8. The quantitative estimate of drug-likeness (QED) is 0.611. The minimum absolute atomic E-state index is 0.132. The highest BCUT2D eigenvalue weighted by Gasteiger charge is 2.20. The predicted octanol–water partition coefficient (Wildman–Crippen LogP) is 3.67. The van der Waals surface area contributed by atoms with E-state index in [9.17, 15) is 9.59 Å². The Kier molecular flexibility index (Phi) is 4.17. The normalized spacial score (nSPS) is 11.1. The molecule has 92 valence electrons. The minimum Gasteiger partial charge on any atom is -0.456 e. The fourth-order valence-corrected chi connectivity index (χ4v) is 1.45. The van der Waals surface area contributed by atoms with Crippen molar-refractivity contribution < 1.29 is 14.3 Å². The lowest BCUT2D eigenvalue weighted by Gasteiger charge is -2.19. The molecule has 0 unspecified atom stereocenters. The molecule has 0 aliphatic carbocycles. The smallest absolute Gasteiger partial charge is 0.340 e. The van der Waals surface area contributed by atoms with Crippen LogP contribution in [0.4, 0.5) is 0 Å². The van der Waals surface area contributed by atoms with E-state index in [1.54, 1.807) is 20.8 Å². The molecule has 0 saturated carbocycles. The maximum Gasteiger partial charge on any atom is 0.340 e. The molecule has 0 heterocycles. The van der Waals surface area contributed by atoms with E-state index >= 15 is 0 Å². The van der Waals surface area contributed by atoms with Gasteiger partial charge in [0.1, 0.15) is 5.60 Å². The van der Waals surface area contributed by atoms with Crippen LogP contribution in [0.25, 0.3) is 0 Å². The van der Waals surface area contributed by atoms with Crippen molar-refractivity contribution in [3.8, 4) is 0 Å². The molecule has 0 N–H and O–H groups in total. The number of benzene rings is 1. The topological polar surface area (TPSA) is 43.4 Å². The van der Waals surface area contributed by atoms with Crippen molar-refractivity contribution in [1.29, 1.82) is 0 Å². The first-order valence-electron chi connectivity index (χ1n) is 4.93. The Morgan fingerprint density at radius 2 is 1.82 bits per heavy atom. The summed E-state index contributed by atoms with van der Waals surface area (Å²) >= 11 is 11.2. The Morgan fingerprint density at radius 1 is 1.24 bits per heavy atom. The van der Waals surface area contributed by atoms with Gasteiger partial charge in [-0.3, -0.25) is 4.79 Å². The van der Waals surface area contributed by atoms with Gasteiger partial charge in [-0.05, 0) is 50.6 Å². The van der Waals surface area contributed by atoms with Crippen molar-refractivity contribution in [2.24, 2.45) is 0 Å². The van der Waals surface area contributed by atoms with Crippen molar-refractivity contribution >= 4 is 34.4 Å². The third kappa shape index (κ3) is 4.02. The molecule has 1 aromatic carbocycles. The van der Waals surface area contributed by atoms with Gasteiger partial charge in [0.25, 0.3) is 5.24 Å². The number of rotatable bonds is 2. The van der Waals surface area contributed by atoms with Crippen LogP contribution in [0.1, 0.15) is 41.5 Å². The zero-order chi connectivity index (χ0) is 13.2. The second-order valence-electron chi connectivity index (χ2n) is 4.47. The number of halogens is 2. The third-order valence-electron chi connectivity index (χ3n) is 1.81. The molecule has 1 aromatic rings. The molecule has 5 heteroatoms. The van der Waals surface area contributed by atoms with Crippen LogP contribution in [0.15, 0.2) is 18.2 Å². The summed E-state index contributed by atoms with van der Waals surface area (Å²) in [6.07, 6.45) is 0. The van der Waals surface area contributed by atoms with Crippen LogP contribution in [0.2, 0.25) is 5.02 Å². The average molecular weight is 275 g/mol. The second-order valence-corrected chi connectivity index (χ2v) is 5.22. The molecular formula is C12H12Cl2O3. The Hall–Kier alpha value is -1.06. The molecule has 0 atom stereocenters. The van der Waals surface area contributed by atoms with Gasteiger partial charge in [0.2, 0.25) is 0 Å². The lowest BCUT2D eigenvalue weighted by molar-refractivity contribution is 0.00697. The van der Waals surface area contributed by atoms with Gasteiger partial charge in [-0.1, -0.05) is 11.6 Å². The highest BCUT2D eigenvalue weighted by atomic mass is 35.5. The first-order chi connectivity index (χ1) is 7.70. The number of hydrogen-bond donors (Lipinski definition) is 0. The van der Waals surface area contributed by atoms with Gasteiger partial charge >= 0.3 is 5.97 Å². The fourth-order valence-electron chi connectivity index (χ4n) is 1.14. The first kappa shape index (κ1) is 14.0. The molecule has 0 aromatic heterocycles. The van der Waals surface area contributed by atoms with Crippen LogP contribution >= 0.6 is 23.2 Å². The van der Waals surface area contributed by atoms with Crippen LogP contribution in [0, 0.1) is 0 Å². The summed E-state index contributed by atoms with van der Waals surface area (Å²) in [5.41, 5.74) is -0.286. The molecule has 0 fully saturated rings. The molecule has 0 spiro atoms. The van der Waals surface area contributed by atoms with Crippen LogP contribution < -0.4 is 0 Å². The monoisotopic (exact) mass is 274 g/mol. The third-order valence-corrected chi connectivity index (χ3v) is 2.36. The fraction of sp³-hybridized carbons (Fsp3) is 0.333. The van der Waals surface area contributed by atoms with Gasteiger partial charge in [-0.25, -0.2) is 4.79 Å². The van der Waals surface area contributed by atoms with E-state index in [1.165, 1.54) is 18.2 Å². The van der Waals surface area contributed by atoms with E-state index in [0.29, 0.717) is 0 Å². The van der Waals surface area contributed by atoms with Gasteiger partial charge in [0.05, 0.1) is 10.6 Å². The molecule has 0 radical (unpaired) electrons. The van der Waals surface area contributed by atoms with Crippen molar-refractivity contribution in [3.63, 3.8) is 0 Å². The summed E-state index contributed by atoms with van der Waals surface area (Å²) in [5, 5.41) is -0.424. The van der Waals surface area contributed by atoms with Gasteiger partial charge in [-0.15, -0.1) is 0 Å². The summed E-state index contributed by atoms with van der Waals surface area (Å²) < 4.78 is 5.16. The molecule has 0 aliphatic rings. The Morgan fingerprint density at radius 3 is 2.29 bits per heavy atom. The van der Waals surface area contributed by atoms with Crippen molar-refractivity contribution in [3.05, 3.63) is 34.3 Å². The summed E-state index contributed by atoms with van der Waals surface area (Å²) in [6, 6.07) is 4.22. The number of ether oxygens (including phenoxy) is 1. The van der Waals surface area contributed by atoms with E-state index in [-0.39, 0.29) is 16.1 Å². The largest absolute Gasteiger partial charge is 0.456 e. The SMILES string of the molecule is CC(C)(C)OC(=O)c1cc(C(=O)Cl)ccc1Cl. The number of esters is 1. The van der Waals surface area contributed by atoms with Gasteiger partial charge in [0, 0.05) is 5.56 Å². The van der Waals surface area contributed by atoms with Gasteiger partial charge < -0.3 is 4.74 Å². The molecule has 0 saturated heterocycles. The standard InChI is InChI=1S/C12H12Cl2O3/c1-12(2,3)17-11(16)8-6-7(10(14)15)4-5-9(8)13/h4-6H,1-3H3. The zero-order valence-electron chi connectivity index (χ0n) is 9.71. The van der Waals surface area contributed by atoms with Crippen LogP contribution in [0.5, 0.6) is 0 Å². The Labute approximate surface area is 110 Å². The lowest BCUT2D eigenvalue weighted by atomic mass is 10.1. The molecule has 17 heavy (non-hydrogen) atoms. The number of carbonyl (C=O) groups is 2. The second kappa shape index (κ2) is 5.07. The molecule has 3 nitrogen and oxygen atoms in total. The van der Waals surface area contributed by atoms with Crippen molar-refractivity contribution in [2.75, 3.05) is 0 Å². The van der Waals surface area contributed by atoms with E-state index in [2.05, 4.69) is 0 Å². The number of hydrogen-bond acceptors (Lipinski definition) is 3. The number of carbonyl (C=O) groups excluding carboxylic acids is 2. The van der Waals surface area contributed by atoms with Crippen LogP contribution in [0.3, 0.4) is 0 Å². The summed E-state index contributed by atoms with van der Waals surface area (Å²) in [4.78, 5) is 22.8. The van der Waals surface area contributed by atoms with E-state index in [0.717, 1.165) is 0 Å². The Bertz CT molecular complexity index is 461. The Balaban J connectivity index is 3.08. The van der Waals surface area contributed by atoms with Crippen LogP contribution in [-0.4, -0.2) is 16.8 Å². The van der Waals surface area contributed by atoms with E-state index in [4.69, 9.17) is 27.9 Å².